The molecule has 0 amide bonds. The third-order valence-corrected chi connectivity index (χ3v) is 3.90. The molecule has 0 saturated heterocycles. The minimum absolute atomic E-state index is 0. The first-order valence-electron chi connectivity index (χ1n) is 7.42. The average Bonchev–Trinajstić information content (AvgIpc) is 2.37. The molecular formula is C19H30N2. The van der Waals surface area contributed by atoms with Gasteiger partial charge in [-0.3, -0.25) is 0 Å². The van der Waals surface area contributed by atoms with Gasteiger partial charge in [0.05, 0.1) is 5.66 Å². The molecule has 0 fully saturated rings. The Labute approximate surface area is 129 Å². The van der Waals surface area contributed by atoms with Crippen molar-refractivity contribution in [2.24, 2.45) is 11.5 Å². The zero-order valence-corrected chi connectivity index (χ0v) is 13.0. The number of hydrogen-bond donors (Lipinski definition) is 2. The van der Waals surface area contributed by atoms with Crippen molar-refractivity contribution in [3.05, 3.63) is 53.1 Å². The molecule has 1 aromatic carbocycles. The van der Waals surface area contributed by atoms with Crippen molar-refractivity contribution in [2.45, 2.75) is 59.0 Å². The number of allylic oxidation sites excluding steroid dienone is 2. The fourth-order valence-corrected chi connectivity index (χ4v) is 2.85. The Kier molecular flexibility index (Phi) is 5.54. The average molecular weight is 286 g/mol. The maximum Gasteiger partial charge on any atom is 0.0867 e. The molecular weight excluding hydrogens is 256 g/mol. The van der Waals surface area contributed by atoms with Crippen molar-refractivity contribution >= 4 is 5.57 Å². The summed E-state index contributed by atoms with van der Waals surface area (Å²) in [6.45, 7) is 9.02. The fraction of sp³-hybridized carbons (Fsp3) is 0.474. The van der Waals surface area contributed by atoms with Crippen molar-refractivity contribution in [3.63, 3.8) is 0 Å². The van der Waals surface area contributed by atoms with Crippen LogP contribution in [0.15, 0.2) is 36.4 Å². The summed E-state index contributed by atoms with van der Waals surface area (Å²) in [6.07, 6.45) is 6.82. The minimum atomic E-state index is -0.697. The van der Waals surface area contributed by atoms with Gasteiger partial charge in [-0.2, -0.15) is 0 Å². The molecule has 1 aliphatic carbocycles. The molecule has 0 radical (unpaired) electrons. The third kappa shape index (κ3) is 3.84. The third-order valence-electron chi connectivity index (χ3n) is 3.90. The lowest BCUT2D eigenvalue weighted by molar-refractivity contribution is 0.558. The van der Waals surface area contributed by atoms with Gasteiger partial charge in [0.15, 0.2) is 0 Å². The Morgan fingerprint density at radius 1 is 1.05 bits per heavy atom. The lowest BCUT2D eigenvalue weighted by atomic mass is 9.82. The van der Waals surface area contributed by atoms with Gasteiger partial charge < -0.3 is 11.5 Å². The van der Waals surface area contributed by atoms with Crippen LogP contribution in [0.5, 0.6) is 0 Å². The van der Waals surface area contributed by atoms with Crippen LogP contribution < -0.4 is 11.5 Å². The molecule has 116 valence electrons. The minimum Gasteiger partial charge on any atom is -0.310 e. The summed E-state index contributed by atoms with van der Waals surface area (Å²) in [7, 11) is 0. The van der Waals surface area contributed by atoms with Gasteiger partial charge in [-0.15, -0.1) is 0 Å². The van der Waals surface area contributed by atoms with E-state index in [4.69, 9.17) is 11.5 Å². The number of nitrogens with two attached hydrogens (primary N) is 2. The van der Waals surface area contributed by atoms with Crippen LogP contribution in [0.4, 0.5) is 0 Å². The first kappa shape index (κ1) is 17.7. The summed E-state index contributed by atoms with van der Waals surface area (Å²) >= 11 is 0. The molecule has 0 heterocycles. The molecule has 2 rings (SSSR count). The van der Waals surface area contributed by atoms with E-state index in [0.717, 1.165) is 0 Å². The van der Waals surface area contributed by atoms with Crippen molar-refractivity contribution in [3.8, 4) is 0 Å². The molecule has 0 atom stereocenters. The van der Waals surface area contributed by atoms with Crippen LogP contribution in [0.25, 0.3) is 5.57 Å². The fourth-order valence-electron chi connectivity index (χ4n) is 2.85. The van der Waals surface area contributed by atoms with E-state index in [1.54, 1.807) is 0 Å². The monoisotopic (exact) mass is 286 g/mol. The molecule has 1 aromatic rings. The Bertz CT molecular complexity index is 549. The van der Waals surface area contributed by atoms with Crippen LogP contribution in [0.1, 0.15) is 70.1 Å². The van der Waals surface area contributed by atoms with Crippen LogP contribution in [0.2, 0.25) is 0 Å². The smallest absolute Gasteiger partial charge is 0.0867 e. The molecule has 2 heteroatoms. The molecule has 0 saturated carbocycles. The Morgan fingerprint density at radius 3 is 2.19 bits per heavy atom. The van der Waals surface area contributed by atoms with Crippen LogP contribution in [-0.2, 0) is 0 Å². The highest BCUT2D eigenvalue weighted by molar-refractivity contribution is 5.78. The summed E-state index contributed by atoms with van der Waals surface area (Å²) in [5, 5.41) is 0. The number of hydrogen-bond acceptors (Lipinski definition) is 2. The van der Waals surface area contributed by atoms with Gasteiger partial charge in [-0.1, -0.05) is 65.5 Å². The van der Waals surface area contributed by atoms with E-state index >= 15 is 0 Å². The van der Waals surface area contributed by atoms with Gasteiger partial charge in [-0.25, -0.2) is 0 Å². The second-order valence-corrected chi connectivity index (χ2v) is 6.43. The van der Waals surface area contributed by atoms with Crippen LogP contribution in [-0.4, -0.2) is 5.66 Å². The summed E-state index contributed by atoms with van der Waals surface area (Å²) in [5.41, 5.74) is 16.6. The number of benzene rings is 1. The highest BCUT2D eigenvalue weighted by Gasteiger charge is 2.21. The first-order chi connectivity index (χ1) is 9.32. The highest BCUT2D eigenvalue weighted by Crippen LogP contribution is 2.35. The molecule has 2 nitrogen and oxygen atoms in total. The predicted molar refractivity (Wildman–Crippen MR) is 94.2 cm³/mol. The van der Waals surface area contributed by atoms with Crippen molar-refractivity contribution < 1.29 is 0 Å². The van der Waals surface area contributed by atoms with Crippen molar-refractivity contribution in [2.75, 3.05) is 0 Å². The van der Waals surface area contributed by atoms with Gasteiger partial charge in [0, 0.05) is 6.42 Å². The van der Waals surface area contributed by atoms with Crippen molar-refractivity contribution in [1.29, 1.82) is 0 Å². The SMILES string of the molecule is C.CC(C)c1cccc(C2=CCC(N)(N)C=C2)c1C(C)C. The van der Waals surface area contributed by atoms with E-state index in [9.17, 15) is 0 Å². The van der Waals surface area contributed by atoms with E-state index in [1.807, 2.05) is 6.08 Å². The van der Waals surface area contributed by atoms with E-state index in [2.05, 4.69) is 58.0 Å². The summed E-state index contributed by atoms with van der Waals surface area (Å²) in [6, 6.07) is 6.60. The molecule has 4 N–H and O–H groups in total. The predicted octanol–water partition coefficient (Wildman–Crippen LogP) is 4.53. The molecule has 0 aliphatic heterocycles. The standard InChI is InChI=1S/C18H26N2.CH4/c1-12(2)15-6-5-7-16(17(15)13(3)4)14-8-10-18(19,20)11-9-14;/h5-10,12-13H,11,19-20H2,1-4H3;1H4. The van der Waals surface area contributed by atoms with Crippen LogP contribution >= 0.6 is 0 Å². The second-order valence-electron chi connectivity index (χ2n) is 6.43. The number of rotatable bonds is 3. The van der Waals surface area contributed by atoms with E-state index < -0.39 is 5.66 Å². The quantitative estimate of drug-likeness (QED) is 0.802. The maximum atomic E-state index is 5.94. The van der Waals surface area contributed by atoms with Gasteiger partial charge >= 0.3 is 0 Å². The summed E-state index contributed by atoms with van der Waals surface area (Å²) in [5.74, 6) is 1.03. The van der Waals surface area contributed by atoms with Gasteiger partial charge in [0.2, 0.25) is 0 Å². The zero-order chi connectivity index (χ0) is 14.9. The molecule has 0 unspecified atom stereocenters. The Balaban J connectivity index is 0.00000220. The Morgan fingerprint density at radius 2 is 1.71 bits per heavy atom. The summed E-state index contributed by atoms with van der Waals surface area (Å²) in [4.78, 5) is 0. The van der Waals surface area contributed by atoms with E-state index in [1.165, 1.54) is 22.3 Å². The van der Waals surface area contributed by atoms with E-state index in [-0.39, 0.29) is 7.43 Å². The molecule has 21 heavy (non-hydrogen) atoms. The van der Waals surface area contributed by atoms with Crippen molar-refractivity contribution in [1.82, 2.24) is 0 Å². The lowest BCUT2D eigenvalue weighted by Gasteiger charge is -2.25. The molecule has 1 aliphatic rings. The normalized spacial score (nSPS) is 16.9. The largest absolute Gasteiger partial charge is 0.310 e. The van der Waals surface area contributed by atoms with Gasteiger partial charge in [0.1, 0.15) is 0 Å². The van der Waals surface area contributed by atoms with Gasteiger partial charge in [-0.05, 0) is 40.2 Å². The topological polar surface area (TPSA) is 52.0 Å². The zero-order valence-electron chi connectivity index (χ0n) is 13.0. The lowest BCUT2D eigenvalue weighted by Crippen LogP contribution is -2.47. The maximum absolute atomic E-state index is 5.94. The van der Waals surface area contributed by atoms with E-state index in [0.29, 0.717) is 18.3 Å². The van der Waals surface area contributed by atoms with Crippen LogP contribution in [0.3, 0.4) is 0 Å². The molecule has 0 bridgehead atoms. The second kappa shape index (κ2) is 6.59. The highest BCUT2D eigenvalue weighted by atomic mass is 14.9. The Hall–Kier alpha value is -1.38. The first-order valence-corrected chi connectivity index (χ1v) is 7.42. The van der Waals surface area contributed by atoms with Crippen LogP contribution in [0, 0.1) is 0 Å². The molecule has 0 spiro atoms. The molecule has 0 aromatic heterocycles. The summed E-state index contributed by atoms with van der Waals surface area (Å²) < 4.78 is 0. The van der Waals surface area contributed by atoms with Gasteiger partial charge in [0.25, 0.3) is 0 Å².